The largest absolute Gasteiger partial charge is 0.497 e. The fraction of sp³-hybridized carbons (Fsp3) is 0.800. The van der Waals surface area contributed by atoms with Crippen LogP contribution >= 0.6 is 0 Å². The van der Waals surface area contributed by atoms with Crippen LogP contribution in [0.5, 0.6) is 0 Å². The number of hydrogen-bond acceptors (Lipinski definition) is 3. The molecule has 0 atom stereocenters. The van der Waals surface area contributed by atoms with Crippen molar-refractivity contribution in [3.63, 3.8) is 0 Å². The summed E-state index contributed by atoms with van der Waals surface area (Å²) in [7, 11) is 0. The van der Waals surface area contributed by atoms with Gasteiger partial charge in [0.1, 0.15) is 6.61 Å². The van der Waals surface area contributed by atoms with E-state index in [0.717, 1.165) is 51.6 Å². The number of nitrogens with zero attached hydrogens (tertiary/aromatic N) is 1. The lowest BCUT2D eigenvalue weighted by Crippen LogP contribution is -2.38. The lowest BCUT2D eigenvalue weighted by atomic mass is 10.4. The van der Waals surface area contributed by atoms with Gasteiger partial charge < -0.3 is 9.47 Å². The maximum atomic E-state index is 5.42. The van der Waals surface area contributed by atoms with E-state index in [-0.39, 0.29) is 0 Å². The third-order valence-corrected chi connectivity index (χ3v) is 2.21. The highest BCUT2D eigenvalue weighted by Gasteiger charge is 2.09. The highest BCUT2D eigenvalue weighted by Crippen LogP contribution is 2.00. The minimum atomic E-state index is 0.757. The zero-order chi connectivity index (χ0) is 9.52. The van der Waals surface area contributed by atoms with Gasteiger partial charge in [-0.3, -0.25) is 4.90 Å². The molecular weight excluding hydrogens is 166 g/mol. The summed E-state index contributed by atoms with van der Waals surface area (Å²) in [6.07, 6.45) is 0.906. The zero-order valence-corrected chi connectivity index (χ0v) is 8.42. The van der Waals surface area contributed by atoms with E-state index in [9.17, 15) is 0 Å². The van der Waals surface area contributed by atoms with Gasteiger partial charge in [0, 0.05) is 26.1 Å². The van der Waals surface area contributed by atoms with Crippen molar-refractivity contribution in [3.8, 4) is 0 Å². The molecule has 1 fully saturated rings. The van der Waals surface area contributed by atoms with Gasteiger partial charge in [0.25, 0.3) is 0 Å². The molecule has 76 valence electrons. The number of rotatable bonds is 5. The highest BCUT2D eigenvalue weighted by atomic mass is 16.5. The fourth-order valence-corrected chi connectivity index (χ4v) is 1.25. The average molecular weight is 185 g/mol. The van der Waals surface area contributed by atoms with E-state index in [1.807, 2.05) is 0 Å². The van der Waals surface area contributed by atoms with Gasteiger partial charge in [-0.1, -0.05) is 13.5 Å². The molecular formula is C10H19NO2. The van der Waals surface area contributed by atoms with Crippen molar-refractivity contribution in [1.29, 1.82) is 0 Å². The summed E-state index contributed by atoms with van der Waals surface area (Å²) >= 11 is 0. The van der Waals surface area contributed by atoms with E-state index in [0.29, 0.717) is 0 Å². The Labute approximate surface area is 80.3 Å². The minimum absolute atomic E-state index is 0.757. The molecule has 1 rings (SSSR count). The number of allylic oxidation sites excluding steroid dienone is 1. The molecule has 0 N–H and O–H groups in total. The summed E-state index contributed by atoms with van der Waals surface area (Å²) in [5, 5.41) is 0. The van der Waals surface area contributed by atoms with Crippen LogP contribution in [-0.4, -0.2) is 44.4 Å². The molecule has 1 aliphatic rings. The second-order valence-electron chi connectivity index (χ2n) is 3.19. The van der Waals surface area contributed by atoms with Crippen LogP contribution in [0.1, 0.15) is 13.3 Å². The van der Waals surface area contributed by atoms with Crippen LogP contribution in [0.2, 0.25) is 0 Å². The normalized spacial score (nSPS) is 18.5. The monoisotopic (exact) mass is 185 g/mol. The Bertz CT molecular complexity index is 153. The van der Waals surface area contributed by atoms with Crippen LogP contribution < -0.4 is 0 Å². The maximum absolute atomic E-state index is 5.42. The first-order valence-corrected chi connectivity index (χ1v) is 4.93. The molecule has 0 aliphatic carbocycles. The quantitative estimate of drug-likeness (QED) is 0.602. The highest BCUT2D eigenvalue weighted by molar-refractivity contribution is 4.79. The Morgan fingerprint density at radius 3 is 2.77 bits per heavy atom. The van der Waals surface area contributed by atoms with Gasteiger partial charge in [0.2, 0.25) is 0 Å². The predicted molar refractivity (Wildman–Crippen MR) is 52.6 cm³/mol. The van der Waals surface area contributed by atoms with Crippen LogP contribution in [0.15, 0.2) is 12.3 Å². The van der Waals surface area contributed by atoms with Gasteiger partial charge in [-0.05, 0) is 0 Å². The van der Waals surface area contributed by atoms with E-state index in [2.05, 4.69) is 18.4 Å². The SMILES string of the molecule is C=C(CC)OCCN1CCOCC1. The lowest BCUT2D eigenvalue weighted by Gasteiger charge is -2.26. The molecule has 0 aromatic heterocycles. The predicted octanol–water partition coefficient (Wildman–Crippen LogP) is 1.26. The summed E-state index contributed by atoms with van der Waals surface area (Å²) < 4.78 is 10.7. The summed E-state index contributed by atoms with van der Waals surface area (Å²) in [5.74, 6) is 0.883. The number of hydrogen-bond donors (Lipinski definition) is 0. The Kier molecular flexibility index (Phi) is 4.86. The summed E-state index contributed by atoms with van der Waals surface area (Å²) in [4.78, 5) is 2.35. The molecule has 0 saturated carbocycles. The van der Waals surface area contributed by atoms with Gasteiger partial charge >= 0.3 is 0 Å². The molecule has 1 heterocycles. The van der Waals surface area contributed by atoms with Gasteiger partial charge in [-0.2, -0.15) is 0 Å². The molecule has 3 nitrogen and oxygen atoms in total. The van der Waals surface area contributed by atoms with Gasteiger partial charge in [0.05, 0.1) is 19.0 Å². The Balaban J connectivity index is 2.01. The first-order chi connectivity index (χ1) is 6.33. The van der Waals surface area contributed by atoms with Crippen molar-refractivity contribution in [2.45, 2.75) is 13.3 Å². The third-order valence-electron chi connectivity index (χ3n) is 2.21. The van der Waals surface area contributed by atoms with Crippen LogP contribution in [0.3, 0.4) is 0 Å². The Hall–Kier alpha value is -0.540. The molecule has 0 amide bonds. The Morgan fingerprint density at radius 1 is 1.46 bits per heavy atom. The van der Waals surface area contributed by atoms with Crippen molar-refractivity contribution in [3.05, 3.63) is 12.3 Å². The Morgan fingerprint density at radius 2 is 2.15 bits per heavy atom. The van der Waals surface area contributed by atoms with Crippen molar-refractivity contribution in [2.24, 2.45) is 0 Å². The molecule has 1 aliphatic heterocycles. The van der Waals surface area contributed by atoms with Crippen LogP contribution in [0.25, 0.3) is 0 Å². The number of morpholine rings is 1. The van der Waals surface area contributed by atoms with Crippen molar-refractivity contribution in [1.82, 2.24) is 4.90 Å². The minimum Gasteiger partial charge on any atom is -0.497 e. The standard InChI is InChI=1S/C10H19NO2/c1-3-10(2)13-9-6-11-4-7-12-8-5-11/h2-9H2,1H3. The molecule has 13 heavy (non-hydrogen) atoms. The molecule has 3 heteroatoms. The molecule has 0 unspecified atom stereocenters. The maximum Gasteiger partial charge on any atom is 0.100 e. The van der Waals surface area contributed by atoms with Crippen molar-refractivity contribution < 1.29 is 9.47 Å². The van der Waals surface area contributed by atoms with Crippen molar-refractivity contribution in [2.75, 3.05) is 39.5 Å². The third kappa shape index (κ3) is 4.29. The first kappa shape index (κ1) is 10.5. The average Bonchev–Trinajstić information content (AvgIpc) is 2.19. The summed E-state index contributed by atoms with van der Waals surface area (Å²) in [6, 6.07) is 0. The van der Waals surface area contributed by atoms with E-state index in [1.165, 1.54) is 0 Å². The van der Waals surface area contributed by atoms with Crippen molar-refractivity contribution >= 4 is 0 Å². The van der Waals surface area contributed by atoms with E-state index < -0.39 is 0 Å². The zero-order valence-electron chi connectivity index (χ0n) is 8.42. The van der Waals surface area contributed by atoms with Crippen LogP contribution in [0.4, 0.5) is 0 Å². The lowest BCUT2D eigenvalue weighted by molar-refractivity contribution is 0.0272. The van der Waals surface area contributed by atoms with E-state index in [4.69, 9.17) is 9.47 Å². The topological polar surface area (TPSA) is 21.7 Å². The molecule has 0 radical (unpaired) electrons. The molecule has 0 aromatic rings. The number of ether oxygens (including phenoxy) is 2. The van der Waals surface area contributed by atoms with Crippen LogP contribution in [0, 0.1) is 0 Å². The van der Waals surface area contributed by atoms with Crippen LogP contribution in [-0.2, 0) is 9.47 Å². The second-order valence-corrected chi connectivity index (χ2v) is 3.19. The second kappa shape index (κ2) is 6.00. The summed E-state index contributed by atoms with van der Waals surface area (Å²) in [5.41, 5.74) is 0. The van der Waals surface area contributed by atoms with Gasteiger partial charge in [-0.25, -0.2) is 0 Å². The molecule has 1 saturated heterocycles. The smallest absolute Gasteiger partial charge is 0.100 e. The summed E-state index contributed by atoms with van der Waals surface area (Å²) in [6.45, 7) is 11.4. The van der Waals surface area contributed by atoms with Gasteiger partial charge in [0.15, 0.2) is 0 Å². The molecule has 0 bridgehead atoms. The van der Waals surface area contributed by atoms with E-state index in [1.54, 1.807) is 0 Å². The molecule has 0 spiro atoms. The van der Waals surface area contributed by atoms with E-state index >= 15 is 0 Å². The van der Waals surface area contributed by atoms with Gasteiger partial charge in [-0.15, -0.1) is 0 Å². The fourth-order valence-electron chi connectivity index (χ4n) is 1.25. The molecule has 0 aromatic carbocycles. The first-order valence-electron chi connectivity index (χ1n) is 4.93.